The van der Waals surface area contributed by atoms with E-state index >= 15 is 0 Å². The fourth-order valence-electron chi connectivity index (χ4n) is 1.13. The van der Waals surface area contributed by atoms with E-state index in [1.54, 1.807) is 4.90 Å². The van der Waals surface area contributed by atoms with Gasteiger partial charge in [-0.1, -0.05) is 0 Å². The Bertz CT molecular complexity index is 368. The maximum Gasteiger partial charge on any atom is 0.416 e. The molecule has 0 saturated carbocycles. The number of rotatable bonds is 2. The Balaban J connectivity index is 2.79. The number of nitrogens with zero attached hydrogens (tertiary/aromatic N) is 2. The Kier molecular flexibility index (Phi) is 3.91. The summed E-state index contributed by atoms with van der Waals surface area (Å²) in [5.41, 5.74) is 0.443. The fourth-order valence-corrected chi connectivity index (χ4v) is 1.98. The molecule has 0 fully saturated rings. The Hall–Kier alpha value is -1.10. The number of hydrogen-bond acceptors (Lipinski definition) is 4. The van der Waals surface area contributed by atoms with E-state index in [-0.39, 0.29) is 6.09 Å². The van der Waals surface area contributed by atoms with Crippen LogP contribution in [0.2, 0.25) is 0 Å². The van der Waals surface area contributed by atoms with Gasteiger partial charge >= 0.3 is 6.09 Å². The van der Waals surface area contributed by atoms with Crippen LogP contribution in [0.3, 0.4) is 0 Å². The standard InChI is InChI=1S/C11H18N2O2S/c1-6-13(9-12-8(2)7-16-9)10(14)15-11(3,4)5/h7H,6H2,1-5H3. The maximum atomic E-state index is 11.9. The number of aryl methyl sites for hydroxylation is 1. The third-order valence-corrected chi connectivity index (χ3v) is 2.75. The lowest BCUT2D eigenvalue weighted by atomic mass is 10.2. The monoisotopic (exact) mass is 242 g/mol. The predicted octanol–water partition coefficient (Wildman–Crippen LogP) is 3.21. The lowest BCUT2D eigenvalue weighted by molar-refractivity contribution is 0.0582. The molecule has 0 saturated heterocycles. The van der Waals surface area contributed by atoms with E-state index in [4.69, 9.17) is 4.74 Å². The molecule has 5 heteroatoms. The molecule has 1 heterocycles. The summed E-state index contributed by atoms with van der Waals surface area (Å²) in [5, 5.41) is 2.61. The highest BCUT2D eigenvalue weighted by Crippen LogP contribution is 2.22. The molecule has 0 radical (unpaired) electrons. The Labute approximate surface area is 100 Å². The third-order valence-electron chi connectivity index (χ3n) is 1.77. The van der Waals surface area contributed by atoms with Crippen LogP contribution in [0.25, 0.3) is 0 Å². The van der Waals surface area contributed by atoms with Crippen molar-refractivity contribution in [3.63, 3.8) is 0 Å². The van der Waals surface area contributed by atoms with Crippen molar-refractivity contribution in [2.45, 2.75) is 40.2 Å². The first-order valence-electron chi connectivity index (χ1n) is 5.26. The van der Waals surface area contributed by atoms with Crippen LogP contribution < -0.4 is 4.90 Å². The second-order valence-electron chi connectivity index (χ2n) is 4.50. The van der Waals surface area contributed by atoms with Crippen LogP contribution in [-0.4, -0.2) is 23.2 Å². The molecule has 0 aromatic carbocycles. The van der Waals surface area contributed by atoms with Crippen molar-refractivity contribution in [1.29, 1.82) is 0 Å². The Morgan fingerprint density at radius 2 is 2.19 bits per heavy atom. The number of ether oxygens (including phenoxy) is 1. The highest BCUT2D eigenvalue weighted by atomic mass is 32.1. The van der Waals surface area contributed by atoms with Gasteiger partial charge in [0.15, 0.2) is 5.13 Å². The number of anilines is 1. The van der Waals surface area contributed by atoms with Crippen LogP contribution in [0.15, 0.2) is 5.38 Å². The number of carbonyl (C=O) groups excluding carboxylic acids is 1. The Morgan fingerprint density at radius 1 is 1.56 bits per heavy atom. The molecule has 1 aromatic heterocycles. The maximum absolute atomic E-state index is 11.9. The Morgan fingerprint density at radius 3 is 2.56 bits per heavy atom. The van der Waals surface area contributed by atoms with E-state index in [2.05, 4.69) is 4.98 Å². The summed E-state index contributed by atoms with van der Waals surface area (Å²) in [5.74, 6) is 0. The second-order valence-corrected chi connectivity index (χ2v) is 5.33. The van der Waals surface area contributed by atoms with Gasteiger partial charge < -0.3 is 4.74 Å². The van der Waals surface area contributed by atoms with Gasteiger partial charge in [-0.15, -0.1) is 11.3 Å². The first kappa shape index (κ1) is 13.0. The van der Waals surface area contributed by atoms with E-state index in [1.165, 1.54) is 11.3 Å². The fraction of sp³-hybridized carbons (Fsp3) is 0.636. The van der Waals surface area contributed by atoms with Gasteiger partial charge in [-0.05, 0) is 34.6 Å². The van der Waals surface area contributed by atoms with Crippen molar-refractivity contribution in [1.82, 2.24) is 4.98 Å². The molecule has 0 bridgehead atoms. The van der Waals surface area contributed by atoms with Crippen LogP contribution in [0.1, 0.15) is 33.4 Å². The first-order valence-corrected chi connectivity index (χ1v) is 6.14. The molecule has 0 atom stereocenters. The summed E-state index contributed by atoms with van der Waals surface area (Å²) >= 11 is 1.45. The average Bonchev–Trinajstić information content (AvgIpc) is 2.49. The number of carbonyl (C=O) groups is 1. The van der Waals surface area contributed by atoms with E-state index in [0.29, 0.717) is 11.7 Å². The largest absolute Gasteiger partial charge is 0.443 e. The highest BCUT2D eigenvalue weighted by molar-refractivity contribution is 7.14. The van der Waals surface area contributed by atoms with Crippen molar-refractivity contribution < 1.29 is 9.53 Å². The molecule has 0 aliphatic rings. The van der Waals surface area contributed by atoms with Crippen LogP contribution in [0, 0.1) is 6.92 Å². The third kappa shape index (κ3) is 3.48. The van der Waals surface area contributed by atoms with Gasteiger partial charge in [0.2, 0.25) is 0 Å². The zero-order valence-electron chi connectivity index (χ0n) is 10.4. The van der Waals surface area contributed by atoms with E-state index in [1.807, 2.05) is 40.0 Å². The van der Waals surface area contributed by atoms with E-state index < -0.39 is 5.60 Å². The number of aromatic nitrogens is 1. The summed E-state index contributed by atoms with van der Waals surface area (Å²) in [6, 6.07) is 0. The normalized spacial score (nSPS) is 11.3. The quantitative estimate of drug-likeness (QED) is 0.799. The van der Waals surface area contributed by atoms with Crippen molar-refractivity contribution >= 4 is 22.6 Å². The lowest BCUT2D eigenvalue weighted by Gasteiger charge is -2.24. The lowest BCUT2D eigenvalue weighted by Crippen LogP contribution is -2.36. The topological polar surface area (TPSA) is 42.4 Å². The molecule has 1 amide bonds. The molecule has 0 N–H and O–H groups in total. The second kappa shape index (κ2) is 4.82. The molecule has 1 aromatic rings. The molecular formula is C11H18N2O2S. The van der Waals surface area contributed by atoms with Gasteiger partial charge in [0, 0.05) is 11.9 Å². The number of hydrogen-bond donors (Lipinski definition) is 0. The van der Waals surface area contributed by atoms with Crippen LogP contribution in [0.5, 0.6) is 0 Å². The smallest absolute Gasteiger partial charge is 0.416 e. The summed E-state index contributed by atoms with van der Waals surface area (Å²) in [6.45, 7) is 9.93. The zero-order valence-corrected chi connectivity index (χ0v) is 11.2. The van der Waals surface area contributed by atoms with Gasteiger partial charge in [-0.3, -0.25) is 4.90 Å². The summed E-state index contributed by atoms with van der Waals surface area (Å²) in [7, 11) is 0. The van der Waals surface area contributed by atoms with Crippen molar-refractivity contribution in [2.24, 2.45) is 0 Å². The molecular weight excluding hydrogens is 224 g/mol. The molecule has 0 aliphatic carbocycles. The van der Waals surface area contributed by atoms with E-state index in [9.17, 15) is 4.79 Å². The zero-order chi connectivity index (χ0) is 12.3. The van der Waals surface area contributed by atoms with Crippen LogP contribution >= 0.6 is 11.3 Å². The molecule has 0 spiro atoms. The van der Waals surface area contributed by atoms with Crippen LogP contribution in [0.4, 0.5) is 9.93 Å². The van der Waals surface area contributed by atoms with Gasteiger partial charge in [0.1, 0.15) is 5.60 Å². The minimum absolute atomic E-state index is 0.343. The van der Waals surface area contributed by atoms with Gasteiger partial charge in [-0.25, -0.2) is 9.78 Å². The molecule has 90 valence electrons. The van der Waals surface area contributed by atoms with Gasteiger partial charge in [0.25, 0.3) is 0 Å². The molecule has 0 unspecified atom stereocenters. The average molecular weight is 242 g/mol. The summed E-state index contributed by atoms with van der Waals surface area (Å²) in [4.78, 5) is 17.7. The molecule has 4 nitrogen and oxygen atoms in total. The number of amides is 1. The first-order chi connectivity index (χ1) is 7.33. The van der Waals surface area contributed by atoms with Crippen LogP contribution in [-0.2, 0) is 4.74 Å². The minimum Gasteiger partial charge on any atom is -0.443 e. The van der Waals surface area contributed by atoms with Crippen molar-refractivity contribution in [2.75, 3.05) is 11.4 Å². The van der Waals surface area contributed by atoms with Crippen molar-refractivity contribution in [3.05, 3.63) is 11.1 Å². The van der Waals surface area contributed by atoms with Gasteiger partial charge in [-0.2, -0.15) is 0 Å². The SMILES string of the molecule is CCN(C(=O)OC(C)(C)C)c1nc(C)cs1. The number of thiazole rings is 1. The summed E-state index contributed by atoms with van der Waals surface area (Å²) in [6.07, 6.45) is -0.343. The van der Waals surface area contributed by atoms with Gasteiger partial charge in [0.05, 0.1) is 5.69 Å². The summed E-state index contributed by atoms with van der Waals surface area (Å²) < 4.78 is 5.31. The highest BCUT2D eigenvalue weighted by Gasteiger charge is 2.23. The van der Waals surface area contributed by atoms with Crippen molar-refractivity contribution in [3.8, 4) is 0 Å². The predicted molar refractivity (Wildman–Crippen MR) is 66.1 cm³/mol. The van der Waals surface area contributed by atoms with E-state index in [0.717, 1.165) is 5.69 Å². The minimum atomic E-state index is -0.475. The molecule has 16 heavy (non-hydrogen) atoms. The molecule has 1 rings (SSSR count). The molecule has 0 aliphatic heterocycles.